The van der Waals surface area contributed by atoms with Crippen LogP contribution in [-0.2, 0) is 20.9 Å². The molecule has 2 aromatic heterocycles. The molecule has 0 bridgehead atoms. The predicted octanol–water partition coefficient (Wildman–Crippen LogP) is 4.03. The smallest absolute Gasteiger partial charge is 0.342 e. The number of benzene rings is 1. The van der Waals surface area contributed by atoms with Gasteiger partial charge in [0, 0.05) is 31.6 Å². The van der Waals surface area contributed by atoms with Crippen LogP contribution in [0.2, 0.25) is 0 Å². The Morgan fingerprint density at radius 3 is 2.73 bits per heavy atom. The molecule has 0 spiro atoms. The number of hydrogen-bond acceptors (Lipinski definition) is 8. The predicted molar refractivity (Wildman–Crippen MR) is 127 cm³/mol. The number of hydrogen-bond donors (Lipinski definition) is 0. The average molecular weight is 467 g/mol. The number of amides is 1. The second kappa shape index (κ2) is 10.1. The molecule has 1 aliphatic rings. The molecule has 0 unspecified atom stereocenters. The molecule has 3 aromatic rings. The van der Waals surface area contributed by atoms with Gasteiger partial charge in [0.25, 0.3) is 0 Å². The lowest BCUT2D eigenvalue weighted by Gasteiger charge is -2.28. The van der Waals surface area contributed by atoms with Crippen molar-refractivity contribution in [1.82, 2.24) is 9.97 Å². The number of nitrogens with zero attached hydrogens (tertiary/aromatic N) is 4. The van der Waals surface area contributed by atoms with Gasteiger partial charge in [0.2, 0.25) is 5.91 Å². The van der Waals surface area contributed by atoms with Gasteiger partial charge in [0.05, 0.1) is 24.6 Å². The van der Waals surface area contributed by atoms with Crippen LogP contribution < -0.4 is 9.80 Å². The number of thiazole rings is 1. The van der Waals surface area contributed by atoms with E-state index in [1.54, 1.807) is 28.6 Å². The highest BCUT2D eigenvalue weighted by molar-refractivity contribution is 7.14. The van der Waals surface area contributed by atoms with Crippen molar-refractivity contribution in [3.05, 3.63) is 64.3 Å². The zero-order valence-corrected chi connectivity index (χ0v) is 19.7. The lowest BCUT2D eigenvalue weighted by molar-refractivity contribution is -0.115. The van der Waals surface area contributed by atoms with Crippen LogP contribution >= 0.6 is 11.3 Å². The first kappa shape index (κ1) is 22.9. The van der Waals surface area contributed by atoms with Gasteiger partial charge in [-0.3, -0.25) is 9.69 Å². The third-order valence-electron chi connectivity index (χ3n) is 5.53. The highest BCUT2D eigenvalue weighted by Crippen LogP contribution is 2.32. The largest absolute Gasteiger partial charge is 0.455 e. The van der Waals surface area contributed by atoms with Gasteiger partial charge >= 0.3 is 5.97 Å². The van der Waals surface area contributed by atoms with E-state index >= 15 is 0 Å². The van der Waals surface area contributed by atoms with Crippen molar-refractivity contribution in [2.45, 2.75) is 27.4 Å². The van der Waals surface area contributed by atoms with Crippen molar-refractivity contribution < 1.29 is 19.1 Å². The van der Waals surface area contributed by atoms with Gasteiger partial charge < -0.3 is 14.4 Å². The van der Waals surface area contributed by atoms with E-state index in [0.29, 0.717) is 48.5 Å². The molecule has 1 aliphatic heterocycles. The Morgan fingerprint density at radius 2 is 1.97 bits per heavy atom. The summed E-state index contributed by atoms with van der Waals surface area (Å²) in [6, 6.07) is 9.26. The van der Waals surface area contributed by atoms with Crippen LogP contribution in [0, 0.1) is 13.8 Å². The van der Waals surface area contributed by atoms with E-state index in [0.717, 1.165) is 16.8 Å². The summed E-state index contributed by atoms with van der Waals surface area (Å²) in [6.45, 7) is 8.05. The molecule has 8 nitrogen and oxygen atoms in total. The summed E-state index contributed by atoms with van der Waals surface area (Å²) in [5.41, 5.74) is 3.90. The van der Waals surface area contributed by atoms with Gasteiger partial charge in [-0.1, -0.05) is 12.1 Å². The lowest BCUT2D eigenvalue weighted by atomic mass is 10.1. The molecule has 172 valence electrons. The number of ether oxygens (including phenoxy) is 2. The molecule has 0 radical (unpaired) electrons. The van der Waals surface area contributed by atoms with E-state index in [1.165, 1.54) is 18.3 Å². The molecule has 3 heterocycles. The second-order valence-electron chi connectivity index (χ2n) is 7.75. The Labute approximate surface area is 196 Å². The molecule has 9 heteroatoms. The van der Waals surface area contributed by atoms with Crippen LogP contribution in [-0.4, -0.2) is 48.1 Å². The minimum absolute atomic E-state index is 0.00528. The zero-order valence-electron chi connectivity index (χ0n) is 18.9. The molecule has 1 amide bonds. The molecule has 1 aromatic carbocycles. The number of rotatable bonds is 6. The lowest BCUT2D eigenvalue weighted by Crippen LogP contribution is -2.37. The van der Waals surface area contributed by atoms with E-state index in [9.17, 15) is 9.59 Å². The van der Waals surface area contributed by atoms with E-state index < -0.39 is 5.97 Å². The van der Waals surface area contributed by atoms with Crippen molar-refractivity contribution in [1.29, 1.82) is 0 Å². The standard InChI is InChI=1S/C24H26N4O4S/c1-16-6-4-8-21(17(16)2)28(18(3)29)24-26-19(15-33-24)14-32-23(30)20-7-5-9-25-22(20)27-10-12-31-13-11-27/h4-9,15H,10-14H2,1-3H3. The number of aromatic nitrogens is 2. The summed E-state index contributed by atoms with van der Waals surface area (Å²) in [5, 5.41) is 2.34. The maximum atomic E-state index is 12.8. The fourth-order valence-corrected chi connectivity index (χ4v) is 4.52. The highest BCUT2D eigenvalue weighted by Gasteiger charge is 2.23. The first-order chi connectivity index (χ1) is 16.0. The third kappa shape index (κ3) is 5.04. The molecule has 0 saturated carbocycles. The van der Waals surface area contributed by atoms with Crippen molar-refractivity contribution in [2.75, 3.05) is 36.1 Å². The van der Waals surface area contributed by atoms with Crippen LogP contribution in [0.3, 0.4) is 0 Å². The van der Waals surface area contributed by atoms with Crippen LogP contribution in [0.15, 0.2) is 41.9 Å². The molecule has 4 rings (SSSR count). The first-order valence-electron chi connectivity index (χ1n) is 10.7. The van der Waals surface area contributed by atoms with E-state index in [-0.39, 0.29) is 12.5 Å². The number of aryl methyl sites for hydroxylation is 1. The summed E-state index contributed by atoms with van der Waals surface area (Å²) in [6.07, 6.45) is 1.66. The van der Waals surface area contributed by atoms with Gasteiger partial charge in [-0.05, 0) is 43.2 Å². The Hall–Kier alpha value is -3.30. The molecular formula is C24H26N4O4S. The Kier molecular flexibility index (Phi) is 7.00. The van der Waals surface area contributed by atoms with Gasteiger partial charge in [0.1, 0.15) is 18.0 Å². The van der Waals surface area contributed by atoms with Crippen LogP contribution in [0.5, 0.6) is 0 Å². The van der Waals surface area contributed by atoms with Crippen molar-refractivity contribution in [3.8, 4) is 0 Å². The molecule has 0 N–H and O–H groups in total. The van der Waals surface area contributed by atoms with Gasteiger partial charge in [0.15, 0.2) is 5.13 Å². The SMILES string of the molecule is CC(=O)N(c1nc(COC(=O)c2cccnc2N2CCOCC2)cs1)c1cccc(C)c1C. The maximum absolute atomic E-state index is 12.8. The number of esters is 1. The molecule has 1 fully saturated rings. The van der Waals surface area contributed by atoms with Crippen LogP contribution in [0.1, 0.15) is 34.1 Å². The number of morpholine rings is 1. The monoisotopic (exact) mass is 466 g/mol. The molecule has 0 aliphatic carbocycles. The number of carbonyl (C=O) groups excluding carboxylic acids is 2. The zero-order chi connectivity index (χ0) is 23.4. The highest BCUT2D eigenvalue weighted by atomic mass is 32.1. The van der Waals surface area contributed by atoms with Crippen LogP contribution in [0.4, 0.5) is 16.6 Å². The topological polar surface area (TPSA) is 84.9 Å². The van der Waals surface area contributed by atoms with E-state index in [4.69, 9.17) is 9.47 Å². The number of pyridine rings is 1. The Bertz CT molecular complexity index is 1160. The Morgan fingerprint density at radius 1 is 1.18 bits per heavy atom. The first-order valence-corrected chi connectivity index (χ1v) is 11.6. The summed E-state index contributed by atoms with van der Waals surface area (Å²) in [7, 11) is 0. The summed E-state index contributed by atoms with van der Waals surface area (Å²) in [5.74, 6) is 0.00615. The number of carbonyl (C=O) groups is 2. The maximum Gasteiger partial charge on any atom is 0.342 e. The normalized spacial score (nSPS) is 13.6. The molecule has 33 heavy (non-hydrogen) atoms. The number of anilines is 3. The van der Waals surface area contributed by atoms with E-state index in [2.05, 4.69) is 9.97 Å². The minimum Gasteiger partial charge on any atom is -0.455 e. The van der Waals surface area contributed by atoms with E-state index in [1.807, 2.05) is 36.9 Å². The molecule has 0 atom stereocenters. The summed E-state index contributed by atoms with van der Waals surface area (Å²) < 4.78 is 10.9. The van der Waals surface area contributed by atoms with Crippen molar-refractivity contribution in [2.24, 2.45) is 0 Å². The van der Waals surface area contributed by atoms with Gasteiger partial charge in [-0.25, -0.2) is 14.8 Å². The van der Waals surface area contributed by atoms with Gasteiger partial charge in [-0.2, -0.15) is 0 Å². The molecular weight excluding hydrogens is 440 g/mol. The summed E-state index contributed by atoms with van der Waals surface area (Å²) in [4.78, 5) is 37.8. The van der Waals surface area contributed by atoms with Crippen LogP contribution in [0.25, 0.3) is 0 Å². The van der Waals surface area contributed by atoms with Crippen molar-refractivity contribution >= 4 is 39.9 Å². The Balaban J connectivity index is 1.49. The van der Waals surface area contributed by atoms with Gasteiger partial charge in [-0.15, -0.1) is 11.3 Å². The fourth-order valence-electron chi connectivity index (χ4n) is 3.65. The fraction of sp³-hybridized carbons (Fsp3) is 0.333. The minimum atomic E-state index is -0.461. The molecule has 1 saturated heterocycles. The quantitative estimate of drug-likeness (QED) is 0.507. The van der Waals surface area contributed by atoms with Crippen molar-refractivity contribution in [3.63, 3.8) is 0 Å². The summed E-state index contributed by atoms with van der Waals surface area (Å²) >= 11 is 1.34. The average Bonchev–Trinajstić information content (AvgIpc) is 3.29. The second-order valence-corrected chi connectivity index (χ2v) is 8.58. The third-order valence-corrected chi connectivity index (χ3v) is 6.41.